The van der Waals surface area contributed by atoms with E-state index < -0.39 is 12.4 Å². The molecule has 3 N–H and O–H groups in total. The van der Waals surface area contributed by atoms with Gasteiger partial charge in [0.25, 0.3) is 5.91 Å². The van der Waals surface area contributed by atoms with Crippen LogP contribution in [-0.4, -0.2) is 36.2 Å². The van der Waals surface area contributed by atoms with Crippen molar-refractivity contribution in [3.05, 3.63) is 47.7 Å². The number of benzene rings is 1. The van der Waals surface area contributed by atoms with Crippen molar-refractivity contribution < 1.29 is 14.3 Å². The zero-order valence-corrected chi connectivity index (χ0v) is 11.7. The number of hydrogen-bond donors (Lipinski definition) is 3. The van der Waals surface area contributed by atoms with Crippen molar-refractivity contribution in [2.45, 2.75) is 12.9 Å². The van der Waals surface area contributed by atoms with Gasteiger partial charge in [0.2, 0.25) is 6.29 Å². The third-order valence-electron chi connectivity index (χ3n) is 3.19. The maximum Gasteiger partial charge on any atom is 0.407 e. The monoisotopic (exact) mass is 301 g/mol. The molecular formula is C14H15N5O3. The van der Waals surface area contributed by atoms with Crippen molar-refractivity contribution in [3.63, 3.8) is 0 Å². The van der Waals surface area contributed by atoms with Gasteiger partial charge in [-0.1, -0.05) is 30.3 Å². The highest BCUT2D eigenvalue weighted by atomic mass is 16.5. The van der Waals surface area contributed by atoms with Gasteiger partial charge in [0.1, 0.15) is 12.9 Å². The Hall–Kier alpha value is -3.03. The topological polar surface area (TPSA) is 95.1 Å². The smallest absolute Gasteiger partial charge is 0.407 e. The van der Waals surface area contributed by atoms with E-state index in [1.807, 2.05) is 30.3 Å². The van der Waals surface area contributed by atoms with E-state index in [2.05, 4.69) is 21.1 Å². The van der Waals surface area contributed by atoms with E-state index >= 15 is 0 Å². The standard InChI is InChI=1S/C14H15N5O3/c20-12-11(6-15-13-17-9-18-19(12)13)7-16-14(21)22-8-10-4-2-1-3-5-10/h1-6,9,13,15H,7-8H2,(H,16,21)(H,17,18). The van der Waals surface area contributed by atoms with Gasteiger partial charge in [0, 0.05) is 6.20 Å². The van der Waals surface area contributed by atoms with E-state index in [-0.39, 0.29) is 19.1 Å². The molecule has 22 heavy (non-hydrogen) atoms. The van der Waals surface area contributed by atoms with E-state index in [4.69, 9.17) is 4.74 Å². The molecule has 0 aliphatic carbocycles. The van der Waals surface area contributed by atoms with Crippen LogP contribution in [-0.2, 0) is 16.1 Å². The summed E-state index contributed by atoms with van der Waals surface area (Å²) in [6.45, 7) is 0.256. The van der Waals surface area contributed by atoms with Crippen LogP contribution in [0.4, 0.5) is 4.79 Å². The summed E-state index contributed by atoms with van der Waals surface area (Å²) in [4.78, 5) is 27.7. The van der Waals surface area contributed by atoms with Gasteiger partial charge in [-0.05, 0) is 5.56 Å². The Morgan fingerprint density at radius 3 is 3.00 bits per heavy atom. The fraction of sp³-hybridized carbons (Fsp3) is 0.214. The number of nitrogens with one attached hydrogen (secondary N) is 3. The number of fused-ring (bicyclic) bond motifs is 1. The second-order valence-corrected chi connectivity index (χ2v) is 4.71. The number of ether oxygens (including phenoxy) is 1. The lowest BCUT2D eigenvalue weighted by molar-refractivity contribution is -0.131. The van der Waals surface area contributed by atoms with Gasteiger partial charge in [-0.25, -0.2) is 14.8 Å². The Morgan fingerprint density at radius 1 is 1.36 bits per heavy atom. The van der Waals surface area contributed by atoms with Gasteiger partial charge in [-0.3, -0.25) is 10.2 Å². The fourth-order valence-electron chi connectivity index (χ4n) is 2.05. The second-order valence-electron chi connectivity index (χ2n) is 4.71. The second kappa shape index (κ2) is 6.17. The zero-order chi connectivity index (χ0) is 15.4. The molecule has 0 radical (unpaired) electrons. The highest BCUT2D eigenvalue weighted by Gasteiger charge is 2.31. The molecular weight excluding hydrogens is 286 g/mol. The highest BCUT2D eigenvalue weighted by molar-refractivity contribution is 5.96. The number of carbonyl (C=O) groups excluding carboxylic acids is 2. The molecule has 1 atom stereocenters. The minimum Gasteiger partial charge on any atom is -0.445 e. The van der Waals surface area contributed by atoms with Crippen molar-refractivity contribution in [2.75, 3.05) is 6.54 Å². The molecule has 114 valence electrons. The van der Waals surface area contributed by atoms with Crippen LogP contribution < -0.4 is 16.1 Å². The summed E-state index contributed by atoms with van der Waals surface area (Å²) in [7, 11) is 0. The van der Waals surface area contributed by atoms with Crippen LogP contribution in [0.25, 0.3) is 0 Å². The number of carbonyl (C=O) groups is 2. The number of amides is 2. The van der Waals surface area contributed by atoms with Crippen molar-refractivity contribution in [2.24, 2.45) is 4.99 Å². The Morgan fingerprint density at radius 2 is 2.18 bits per heavy atom. The lowest BCUT2D eigenvalue weighted by Gasteiger charge is -2.28. The van der Waals surface area contributed by atoms with Crippen LogP contribution in [0.3, 0.4) is 0 Å². The van der Waals surface area contributed by atoms with Crippen LogP contribution in [0.5, 0.6) is 0 Å². The molecule has 0 bridgehead atoms. The summed E-state index contributed by atoms with van der Waals surface area (Å²) in [6.07, 6.45) is 1.98. The van der Waals surface area contributed by atoms with E-state index in [1.165, 1.54) is 11.3 Å². The van der Waals surface area contributed by atoms with E-state index in [1.54, 1.807) is 6.20 Å². The predicted molar refractivity (Wildman–Crippen MR) is 78.1 cm³/mol. The number of hydrazine groups is 1. The average Bonchev–Trinajstić information content (AvgIpc) is 3.03. The highest BCUT2D eigenvalue weighted by Crippen LogP contribution is 2.11. The van der Waals surface area contributed by atoms with E-state index in [9.17, 15) is 9.59 Å². The summed E-state index contributed by atoms with van der Waals surface area (Å²) in [5.74, 6) is -0.246. The zero-order valence-electron chi connectivity index (χ0n) is 11.7. The number of aliphatic imine (C=N–C) groups is 1. The third-order valence-corrected chi connectivity index (χ3v) is 3.19. The number of nitrogens with zero attached hydrogens (tertiary/aromatic N) is 2. The molecule has 1 aromatic rings. The summed E-state index contributed by atoms with van der Waals surface area (Å²) in [5.41, 5.74) is 4.02. The van der Waals surface area contributed by atoms with Gasteiger partial charge in [-0.15, -0.1) is 0 Å². The molecule has 0 spiro atoms. The molecule has 0 aromatic heterocycles. The number of alkyl carbamates (subject to hydrolysis) is 1. The molecule has 2 amide bonds. The summed E-state index contributed by atoms with van der Waals surface area (Å²) in [5, 5.41) is 6.82. The van der Waals surface area contributed by atoms with Gasteiger partial charge in [-0.2, -0.15) is 0 Å². The van der Waals surface area contributed by atoms with E-state index in [0.717, 1.165) is 5.56 Å². The Kier molecular flexibility index (Phi) is 3.90. The molecule has 0 saturated heterocycles. The van der Waals surface area contributed by atoms with Crippen molar-refractivity contribution in [3.8, 4) is 0 Å². The molecule has 8 nitrogen and oxygen atoms in total. The molecule has 3 rings (SSSR count). The Labute approximate surface area is 126 Å². The lowest BCUT2D eigenvalue weighted by Crippen LogP contribution is -2.53. The number of hydrogen-bond acceptors (Lipinski definition) is 6. The number of rotatable bonds is 4. The Bertz CT molecular complexity index is 629. The first-order chi connectivity index (χ1) is 10.7. The lowest BCUT2D eigenvalue weighted by atomic mass is 10.2. The van der Waals surface area contributed by atoms with Crippen LogP contribution in [0.15, 0.2) is 47.1 Å². The largest absolute Gasteiger partial charge is 0.445 e. The molecule has 2 aliphatic rings. The molecule has 0 saturated carbocycles. The van der Waals surface area contributed by atoms with Crippen molar-refractivity contribution in [1.82, 2.24) is 21.1 Å². The van der Waals surface area contributed by atoms with Gasteiger partial charge in [0.05, 0.1) is 12.1 Å². The first kappa shape index (κ1) is 13.9. The average molecular weight is 301 g/mol. The summed E-state index contributed by atoms with van der Waals surface area (Å²) >= 11 is 0. The first-order valence-electron chi connectivity index (χ1n) is 6.75. The fourth-order valence-corrected chi connectivity index (χ4v) is 2.05. The quantitative estimate of drug-likeness (QED) is 0.731. The molecule has 2 aliphatic heterocycles. The third kappa shape index (κ3) is 3.00. The summed E-state index contributed by atoms with van der Waals surface area (Å²) in [6, 6.07) is 9.36. The van der Waals surface area contributed by atoms with E-state index in [0.29, 0.717) is 5.57 Å². The maximum absolute atomic E-state index is 12.1. The van der Waals surface area contributed by atoms with Crippen molar-refractivity contribution >= 4 is 18.3 Å². The molecule has 2 heterocycles. The molecule has 8 heteroatoms. The molecule has 1 unspecified atom stereocenters. The van der Waals surface area contributed by atoms with Crippen molar-refractivity contribution in [1.29, 1.82) is 0 Å². The van der Waals surface area contributed by atoms with Crippen LogP contribution in [0.2, 0.25) is 0 Å². The molecule has 1 aromatic carbocycles. The summed E-state index contributed by atoms with van der Waals surface area (Å²) < 4.78 is 5.08. The van der Waals surface area contributed by atoms with Crippen LogP contribution in [0.1, 0.15) is 5.56 Å². The van der Waals surface area contributed by atoms with Gasteiger partial charge in [0.15, 0.2) is 0 Å². The minimum atomic E-state index is -0.578. The van der Waals surface area contributed by atoms with Gasteiger partial charge >= 0.3 is 6.09 Å². The van der Waals surface area contributed by atoms with Crippen LogP contribution in [0, 0.1) is 0 Å². The molecule has 0 fully saturated rings. The van der Waals surface area contributed by atoms with Gasteiger partial charge < -0.3 is 15.4 Å². The minimum absolute atomic E-state index is 0.0738. The first-order valence-corrected chi connectivity index (χ1v) is 6.75. The SMILES string of the molecule is O=C(NCC1=CNC2N=CNN2C1=O)OCc1ccccc1. The van der Waals surface area contributed by atoms with Crippen LogP contribution >= 0.6 is 0 Å². The normalized spacial score (nSPS) is 18.9. The maximum atomic E-state index is 12.1. The Balaban J connectivity index is 1.46. The predicted octanol–water partition coefficient (Wildman–Crippen LogP) is 0.0586.